The second-order valence-electron chi connectivity index (χ2n) is 7.23. The van der Waals surface area contributed by atoms with Gasteiger partial charge in [0, 0.05) is 0 Å². The van der Waals surface area contributed by atoms with E-state index in [0.29, 0.717) is 18.8 Å². The number of aliphatic carboxylic acids is 1. The van der Waals surface area contributed by atoms with Gasteiger partial charge in [-0.05, 0) is 51.4 Å². The SMILES string of the molecule is CC(C)(C)OC(=O)NOC(=O)[C@H]1CC2C[C@@]3(C(=O)O)[C@H]1[C@@H]23. The van der Waals surface area contributed by atoms with Crippen molar-refractivity contribution in [2.24, 2.45) is 29.1 Å². The van der Waals surface area contributed by atoms with E-state index in [9.17, 15) is 19.5 Å². The maximum absolute atomic E-state index is 12.0. The quantitative estimate of drug-likeness (QED) is 0.745. The number of hydroxylamine groups is 1. The molecule has 0 aliphatic heterocycles. The zero-order valence-corrected chi connectivity index (χ0v) is 12.2. The normalized spacial score (nSPS) is 38.8. The van der Waals surface area contributed by atoms with E-state index in [0.717, 1.165) is 0 Å². The highest BCUT2D eigenvalue weighted by molar-refractivity contribution is 5.86. The number of hydrogen-bond acceptors (Lipinski definition) is 5. The van der Waals surface area contributed by atoms with Gasteiger partial charge in [-0.2, -0.15) is 0 Å². The van der Waals surface area contributed by atoms with Gasteiger partial charge in [0.2, 0.25) is 0 Å². The largest absolute Gasteiger partial charge is 0.481 e. The van der Waals surface area contributed by atoms with E-state index in [4.69, 9.17) is 9.57 Å². The number of ether oxygens (including phenoxy) is 1. The van der Waals surface area contributed by atoms with Gasteiger partial charge in [-0.3, -0.25) is 4.79 Å². The Morgan fingerprint density at radius 1 is 1.24 bits per heavy atom. The summed E-state index contributed by atoms with van der Waals surface area (Å²) in [6, 6.07) is 0. The Morgan fingerprint density at radius 3 is 2.43 bits per heavy atom. The van der Waals surface area contributed by atoms with E-state index in [1.165, 1.54) is 0 Å². The van der Waals surface area contributed by atoms with E-state index in [-0.39, 0.29) is 11.8 Å². The van der Waals surface area contributed by atoms with Gasteiger partial charge >= 0.3 is 18.0 Å². The van der Waals surface area contributed by atoms with Crippen molar-refractivity contribution in [2.75, 3.05) is 0 Å². The topological polar surface area (TPSA) is 102 Å². The summed E-state index contributed by atoms with van der Waals surface area (Å²) in [5.74, 6) is -1.51. The summed E-state index contributed by atoms with van der Waals surface area (Å²) in [6.45, 7) is 5.10. The summed E-state index contributed by atoms with van der Waals surface area (Å²) in [5.41, 5.74) is 0.592. The third-order valence-electron chi connectivity index (χ3n) is 4.90. The van der Waals surface area contributed by atoms with Crippen molar-refractivity contribution in [3.8, 4) is 0 Å². The number of carbonyl (C=O) groups excluding carboxylic acids is 2. The third kappa shape index (κ3) is 1.98. The zero-order valence-electron chi connectivity index (χ0n) is 12.2. The maximum atomic E-state index is 12.0. The first-order chi connectivity index (χ1) is 9.67. The fourth-order valence-electron chi connectivity index (χ4n) is 4.28. The predicted molar refractivity (Wildman–Crippen MR) is 68.7 cm³/mol. The van der Waals surface area contributed by atoms with Gasteiger partial charge in [0.1, 0.15) is 5.60 Å². The van der Waals surface area contributed by atoms with Crippen LogP contribution in [0.1, 0.15) is 33.6 Å². The van der Waals surface area contributed by atoms with Crippen LogP contribution in [-0.4, -0.2) is 28.7 Å². The van der Waals surface area contributed by atoms with Gasteiger partial charge in [-0.15, -0.1) is 5.48 Å². The molecule has 3 rings (SSSR count). The molecule has 1 amide bonds. The fraction of sp³-hybridized carbons (Fsp3) is 0.786. The lowest BCUT2D eigenvalue weighted by Gasteiger charge is -2.34. The molecule has 0 bridgehead atoms. The van der Waals surface area contributed by atoms with Crippen LogP contribution in [-0.2, 0) is 19.2 Å². The van der Waals surface area contributed by atoms with E-state index in [1.54, 1.807) is 20.8 Å². The molecule has 7 nitrogen and oxygen atoms in total. The van der Waals surface area contributed by atoms with Gasteiger partial charge in [0.15, 0.2) is 0 Å². The van der Waals surface area contributed by atoms with Gasteiger partial charge in [-0.1, -0.05) is 0 Å². The minimum Gasteiger partial charge on any atom is -0.481 e. The van der Waals surface area contributed by atoms with Crippen LogP contribution in [0.5, 0.6) is 0 Å². The number of amides is 1. The molecule has 7 heteroatoms. The Kier molecular flexibility index (Phi) is 2.77. The third-order valence-corrected chi connectivity index (χ3v) is 4.90. The smallest absolute Gasteiger partial charge is 0.441 e. The first-order valence-corrected chi connectivity index (χ1v) is 7.10. The van der Waals surface area contributed by atoms with Gasteiger partial charge in [0.25, 0.3) is 0 Å². The molecular weight excluding hydrogens is 278 g/mol. The minimum absolute atomic E-state index is 0.120. The van der Waals surface area contributed by atoms with Crippen molar-refractivity contribution in [1.82, 2.24) is 5.48 Å². The Morgan fingerprint density at radius 2 is 1.90 bits per heavy atom. The van der Waals surface area contributed by atoms with Crippen LogP contribution >= 0.6 is 0 Å². The first kappa shape index (κ1) is 14.2. The van der Waals surface area contributed by atoms with Crippen molar-refractivity contribution in [1.29, 1.82) is 0 Å². The summed E-state index contributed by atoms with van der Waals surface area (Å²) < 4.78 is 4.95. The monoisotopic (exact) mass is 297 g/mol. The molecule has 116 valence electrons. The molecule has 1 unspecified atom stereocenters. The highest BCUT2D eigenvalue weighted by Crippen LogP contribution is 2.83. The van der Waals surface area contributed by atoms with Crippen LogP contribution in [0.15, 0.2) is 0 Å². The van der Waals surface area contributed by atoms with Crippen LogP contribution in [0.4, 0.5) is 4.79 Å². The maximum Gasteiger partial charge on any atom is 0.441 e. The molecule has 0 radical (unpaired) electrons. The number of hydrogen-bond donors (Lipinski definition) is 2. The second kappa shape index (κ2) is 4.11. The summed E-state index contributed by atoms with van der Waals surface area (Å²) in [4.78, 5) is 39.5. The molecule has 21 heavy (non-hydrogen) atoms. The van der Waals surface area contributed by atoms with Crippen molar-refractivity contribution in [3.63, 3.8) is 0 Å². The Balaban J connectivity index is 1.52. The predicted octanol–water partition coefficient (Wildman–Crippen LogP) is 1.33. The van der Waals surface area contributed by atoms with Crippen molar-refractivity contribution in [2.45, 2.75) is 39.2 Å². The lowest BCUT2D eigenvalue weighted by molar-refractivity contribution is -0.160. The van der Waals surface area contributed by atoms with E-state index < -0.39 is 35.0 Å². The number of carboxylic acid groups (broad SMARTS) is 1. The van der Waals surface area contributed by atoms with E-state index in [2.05, 4.69) is 0 Å². The first-order valence-electron chi connectivity index (χ1n) is 7.10. The number of nitrogens with one attached hydrogen (secondary N) is 1. The van der Waals surface area contributed by atoms with E-state index in [1.807, 2.05) is 5.48 Å². The van der Waals surface area contributed by atoms with Crippen molar-refractivity contribution < 1.29 is 29.1 Å². The van der Waals surface area contributed by atoms with E-state index >= 15 is 0 Å². The highest BCUT2D eigenvalue weighted by Gasteiger charge is 2.85. The molecule has 3 aliphatic carbocycles. The number of carboxylic acids is 1. The second-order valence-corrected chi connectivity index (χ2v) is 7.23. The number of rotatable bonds is 2. The number of fused-ring (bicyclic) bond motifs is 1. The molecule has 0 aromatic rings. The van der Waals surface area contributed by atoms with Crippen LogP contribution in [0.3, 0.4) is 0 Å². The summed E-state index contributed by atoms with van der Waals surface area (Å²) in [6.07, 6.45) is 0.486. The average molecular weight is 297 g/mol. The molecule has 2 N–H and O–H groups in total. The molecule has 0 aromatic carbocycles. The summed E-state index contributed by atoms with van der Waals surface area (Å²) >= 11 is 0. The molecule has 3 aliphatic rings. The average Bonchev–Trinajstić information content (AvgIpc) is 2.72. The Hall–Kier alpha value is -1.79. The molecule has 0 spiro atoms. The molecule has 0 heterocycles. The van der Waals surface area contributed by atoms with Gasteiger partial charge in [0.05, 0.1) is 11.3 Å². The molecule has 3 saturated carbocycles. The zero-order chi connectivity index (χ0) is 15.6. The molecule has 3 fully saturated rings. The van der Waals surface area contributed by atoms with Gasteiger partial charge < -0.3 is 14.7 Å². The molecule has 0 aromatic heterocycles. The Bertz CT molecular complexity index is 524. The summed E-state index contributed by atoms with van der Waals surface area (Å²) in [5, 5.41) is 9.26. The standard InChI is InChI=1S/C14H19NO6/c1-13(2,3)20-12(19)15-21-10(16)7-4-6-5-14(11(17)18)8(6)9(7)14/h6-9H,4-5H2,1-3H3,(H,15,19)(H,17,18)/t6?,7-,8+,9+,14-/m0/s1. The number of carbonyl (C=O) groups is 3. The minimum atomic E-state index is -0.834. The van der Waals surface area contributed by atoms with Crippen LogP contribution < -0.4 is 5.48 Å². The highest BCUT2D eigenvalue weighted by atomic mass is 16.7. The van der Waals surface area contributed by atoms with Crippen molar-refractivity contribution in [3.05, 3.63) is 0 Å². The van der Waals surface area contributed by atoms with Crippen molar-refractivity contribution >= 4 is 18.0 Å². The molecule has 0 saturated heterocycles. The lowest BCUT2D eigenvalue weighted by Crippen LogP contribution is -2.40. The lowest BCUT2D eigenvalue weighted by atomic mass is 9.69. The molecular formula is C14H19NO6. The van der Waals surface area contributed by atoms with Gasteiger partial charge in [-0.25, -0.2) is 9.59 Å². The molecule has 5 atom stereocenters. The van der Waals surface area contributed by atoms with Crippen LogP contribution in [0, 0.1) is 29.1 Å². The Labute approximate surface area is 121 Å². The fourth-order valence-corrected chi connectivity index (χ4v) is 4.28. The van der Waals surface area contributed by atoms with Crippen LogP contribution in [0.25, 0.3) is 0 Å². The van der Waals surface area contributed by atoms with Crippen LogP contribution in [0.2, 0.25) is 0 Å². The summed E-state index contributed by atoms with van der Waals surface area (Å²) in [7, 11) is 0.